The molecular weight excluding hydrogens is 526 g/mol. The van der Waals surface area contributed by atoms with Crippen LogP contribution in [0.15, 0.2) is 102 Å². The summed E-state index contributed by atoms with van der Waals surface area (Å²) >= 11 is 0. The third-order valence-corrected chi connectivity index (χ3v) is 8.13. The third-order valence-electron chi connectivity index (χ3n) is 6.45. The van der Waals surface area contributed by atoms with Crippen LogP contribution in [0.2, 0.25) is 0 Å². The van der Waals surface area contributed by atoms with Crippen LogP contribution in [0, 0.1) is 0 Å². The molecular formula is C28H24F2N4O4S. The number of anilines is 1. The van der Waals surface area contributed by atoms with E-state index in [1.807, 2.05) is 24.3 Å². The maximum absolute atomic E-state index is 14.2. The molecule has 3 atom stereocenters. The number of nitrogens with zero attached hydrogens (tertiary/aromatic N) is 3. The zero-order chi connectivity index (χ0) is 27.6. The van der Waals surface area contributed by atoms with Crippen molar-refractivity contribution in [3.63, 3.8) is 0 Å². The molecule has 0 bridgehead atoms. The van der Waals surface area contributed by atoms with Crippen molar-refractivity contribution < 1.29 is 26.7 Å². The number of carbonyl (C=O) groups excluding carboxylic acids is 1. The fraction of sp³-hybridized carbons (Fsp3) is 0.179. The van der Waals surface area contributed by atoms with E-state index in [2.05, 4.69) is 14.8 Å². The highest BCUT2D eigenvalue weighted by molar-refractivity contribution is 7.93. The Kier molecular flexibility index (Phi) is 7.25. The van der Waals surface area contributed by atoms with Gasteiger partial charge in [-0.05, 0) is 59.7 Å². The van der Waals surface area contributed by atoms with Crippen molar-refractivity contribution in [3.05, 3.63) is 114 Å². The van der Waals surface area contributed by atoms with Crippen molar-refractivity contribution in [3.8, 4) is 5.75 Å². The van der Waals surface area contributed by atoms with E-state index < -0.39 is 33.3 Å². The molecule has 200 valence electrons. The zero-order valence-corrected chi connectivity index (χ0v) is 21.6. The summed E-state index contributed by atoms with van der Waals surface area (Å²) in [7, 11) is -2.81. The summed E-state index contributed by atoms with van der Waals surface area (Å²) in [6.07, 6.45) is 4.52. The SMILES string of the molecule is COc1ccc(C2CC(c3ccc(NS(=O)(=O)C4C(F)=CC=CC4F)cc3)=NN2C(=O)c2cccnc2)cc1. The van der Waals surface area contributed by atoms with Crippen LogP contribution in [-0.2, 0) is 10.0 Å². The first-order valence-electron chi connectivity index (χ1n) is 12.0. The molecule has 2 aromatic carbocycles. The van der Waals surface area contributed by atoms with Gasteiger partial charge in [-0.1, -0.05) is 30.3 Å². The normalized spacial score (nSPS) is 20.8. The summed E-state index contributed by atoms with van der Waals surface area (Å²) in [6, 6.07) is 16.5. The van der Waals surface area contributed by atoms with Crippen LogP contribution in [0.3, 0.4) is 0 Å². The van der Waals surface area contributed by atoms with E-state index in [1.165, 1.54) is 23.3 Å². The number of pyridine rings is 1. The van der Waals surface area contributed by atoms with Crippen molar-refractivity contribution in [2.24, 2.45) is 5.10 Å². The summed E-state index contributed by atoms with van der Waals surface area (Å²) in [6.45, 7) is 0. The standard InChI is InChI=1S/C28H24F2N4O4S/c1-38-22-13-9-19(10-14-22)26-16-25(32-34(26)28(35)20-4-3-15-31-17-20)18-7-11-21(12-8-18)33-39(36,37)27-23(29)5-2-6-24(27)30/h2-15,17,23,26-27,33H,16H2,1H3. The Morgan fingerprint density at radius 1 is 1.10 bits per heavy atom. The predicted molar refractivity (Wildman–Crippen MR) is 143 cm³/mol. The molecule has 0 radical (unpaired) electrons. The van der Waals surface area contributed by atoms with E-state index >= 15 is 0 Å². The van der Waals surface area contributed by atoms with Crippen LogP contribution < -0.4 is 9.46 Å². The second-order valence-electron chi connectivity index (χ2n) is 8.96. The minimum Gasteiger partial charge on any atom is -0.497 e. The Balaban J connectivity index is 1.40. The number of rotatable bonds is 7. The van der Waals surface area contributed by atoms with E-state index in [9.17, 15) is 22.0 Å². The minimum atomic E-state index is -4.39. The molecule has 0 spiro atoms. The molecule has 2 aliphatic rings. The highest BCUT2D eigenvalue weighted by Gasteiger charge is 2.38. The molecule has 0 saturated carbocycles. The molecule has 1 aromatic heterocycles. The van der Waals surface area contributed by atoms with Gasteiger partial charge in [0.05, 0.1) is 24.4 Å². The molecule has 1 N–H and O–H groups in total. The fourth-order valence-electron chi connectivity index (χ4n) is 4.46. The van der Waals surface area contributed by atoms with Gasteiger partial charge in [0.25, 0.3) is 5.91 Å². The Morgan fingerprint density at radius 3 is 2.49 bits per heavy atom. The summed E-state index contributed by atoms with van der Waals surface area (Å²) in [4.78, 5) is 17.4. The third kappa shape index (κ3) is 5.44. The van der Waals surface area contributed by atoms with Gasteiger partial charge in [0, 0.05) is 24.5 Å². The lowest BCUT2D eigenvalue weighted by Gasteiger charge is -2.22. The van der Waals surface area contributed by atoms with Gasteiger partial charge in [-0.25, -0.2) is 22.2 Å². The quantitative estimate of drug-likeness (QED) is 0.449. The maximum atomic E-state index is 14.2. The van der Waals surface area contributed by atoms with Gasteiger partial charge >= 0.3 is 0 Å². The smallest absolute Gasteiger partial charge is 0.276 e. The summed E-state index contributed by atoms with van der Waals surface area (Å²) in [5.41, 5.74) is 2.65. The number of amides is 1. The molecule has 8 nitrogen and oxygen atoms in total. The highest BCUT2D eigenvalue weighted by atomic mass is 32.2. The van der Waals surface area contributed by atoms with Crippen LogP contribution in [-0.4, -0.2) is 48.6 Å². The molecule has 39 heavy (non-hydrogen) atoms. The number of ether oxygens (including phenoxy) is 1. The van der Waals surface area contributed by atoms with Crippen molar-refractivity contribution in [2.75, 3.05) is 11.8 Å². The van der Waals surface area contributed by atoms with Crippen molar-refractivity contribution in [1.29, 1.82) is 0 Å². The number of hydrogen-bond acceptors (Lipinski definition) is 6. The van der Waals surface area contributed by atoms with Crippen LogP contribution in [0.4, 0.5) is 14.5 Å². The van der Waals surface area contributed by atoms with Gasteiger partial charge in [-0.2, -0.15) is 5.10 Å². The summed E-state index contributed by atoms with van der Waals surface area (Å²) in [5, 5.41) is 4.08. The topological polar surface area (TPSA) is 101 Å². The van der Waals surface area contributed by atoms with Gasteiger partial charge in [0.1, 0.15) is 17.7 Å². The lowest BCUT2D eigenvalue weighted by Crippen LogP contribution is -2.36. The number of hydrazone groups is 1. The maximum Gasteiger partial charge on any atom is 0.276 e. The average molecular weight is 551 g/mol. The predicted octanol–water partition coefficient (Wildman–Crippen LogP) is 4.95. The molecule has 1 amide bonds. The summed E-state index contributed by atoms with van der Waals surface area (Å²) in [5.74, 6) is -0.710. The van der Waals surface area contributed by atoms with E-state index in [0.717, 1.165) is 23.8 Å². The number of carbonyl (C=O) groups is 1. The highest BCUT2D eigenvalue weighted by Crippen LogP contribution is 2.35. The summed E-state index contributed by atoms with van der Waals surface area (Å²) < 4.78 is 61.1. The molecule has 0 saturated heterocycles. The van der Waals surface area contributed by atoms with Gasteiger partial charge in [-0.15, -0.1) is 0 Å². The number of hydrogen-bond donors (Lipinski definition) is 1. The van der Waals surface area contributed by atoms with Crippen molar-refractivity contribution in [1.82, 2.24) is 9.99 Å². The van der Waals surface area contributed by atoms with Gasteiger partial charge in [-0.3, -0.25) is 14.5 Å². The molecule has 2 heterocycles. The molecule has 3 aromatic rings. The van der Waals surface area contributed by atoms with E-state index in [4.69, 9.17) is 4.74 Å². The molecule has 11 heteroatoms. The van der Waals surface area contributed by atoms with Crippen molar-refractivity contribution >= 4 is 27.3 Å². The number of sulfonamides is 1. The molecule has 3 unspecified atom stereocenters. The molecule has 1 aliphatic carbocycles. The second kappa shape index (κ2) is 10.8. The minimum absolute atomic E-state index is 0.141. The Hall–Kier alpha value is -4.38. The fourth-order valence-corrected chi connectivity index (χ4v) is 5.86. The molecule has 0 fully saturated rings. The number of aromatic nitrogens is 1. The Labute approximate surface area is 224 Å². The average Bonchev–Trinajstić information content (AvgIpc) is 3.38. The van der Waals surface area contributed by atoms with Gasteiger partial charge < -0.3 is 4.74 Å². The zero-order valence-electron chi connectivity index (χ0n) is 20.7. The molecule has 5 rings (SSSR count). The number of halogens is 2. The monoisotopic (exact) mass is 550 g/mol. The lowest BCUT2D eigenvalue weighted by atomic mass is 9.98. The van der Waals surface area contributed by atoms with Crippen LogP contribution in [0.25, 0.3) is 0 Å². The largest absolute Gasteiger partial charge is 0.497 e. The van der Waals surface area contributed by atoms with Crippen LogP contribution in [0.1, 0.15) is 33.9 Å². The van der Waals surface area contributed by atoms with Crippen molar-refractivity contribution in [2.45, 2.75) is 23.9 Å². The first kappa shape index (κ1) is 26.2. The Morgan fingerprint density at radius 2 is 1.85 bits per heavy atom. The first-order chi connectivity index (χ1) is 18.8. The van der Waals surface area contributed by atoms with Gasteiger partial charge in [0.15, 0.2) is 5.25 Å². The van der Waals surface area contributed by atoms with E-state index in [-0.39, 0.29) is 11.6 Å². The van der Waals surface area contributed by atoms with Gasteiger partial charge in [0.2, 0.25) is 10.0 Å². The van der Waals surface area contributed by atoms with Crippen LogP contribution in [0.5, 0.6) is 5.75 Å². The number of allylic oxidation sites excluding steroid dienone is 3. The number of alkyl halides is 1. The van der Waals surface area contributed by atoms with E-state index in [0.29, 0.717) is 29.0 Å². The molecule has 1 aliphatic heterocycles. The number of methoxy groups -OCH3 is 1. The second-order valence-corrected chi connectivity index (χ2v) is 10.8. The van der Waals surface area contributed by atoms with Crippen LogP contribution >= 0.6 is 0 Å². The number of nitrogens with one attached hydrogen (secondary N) is 1. The lowest BCUT2D eigenvalue weighted by molar-refractivity contribution is 0.0710. The number of benzene rings is 2. The first-order valence-corrected chi connectivity index (χ1v) is 13.6. The van der Waals surface area contributed by atoms with E-state index in [1.54, 1.807) is 37.6 Å². The Bertz CT molecular complexity index is 1560.